The molecule has 1 aliphatic rings. The van der Waals surface area contributed by atoms with Crippen molar-refractivity contribution in [3.8, 4) is 0 Å². The number of likely N-dealkylation sites (tertiary alicyclic amines) is 1. The quantitative estimate of drug-likeness (QED) is 0.849. The van der Waals surface area contributed by atoms with Crippen molar-refractivity contribution in [2.75, 3.05) is 13.1 Å². The molecule has 2 heterocycles. The van der Waals surface area contributed by atoms with Crippen molar-refractivity contribution in [2.24, 2.45) is 0 Å². The van der Waals surface area contributed by atoms with Crippen LogP contribution in [-0.4, -0.2) is 47.5 Å². The van der Waals surface area contributed by atoms with E-state index in [0.717, 1.165) is 0 Å². The summed E-state index contributed by atoms with van der Waals surface area (Å²) in [6, 6.07) is 8.34. The van der Waals surface area contributed by atoms with E-state index >= 15 is 0 Å². The zero-order chi connectivity index (χ0) is 15.6. The van der Waals surface area contributed by atoms with Crippen molar-refractivity contribution in [1.29, 1.82) is 0 Å². The Balaban J connectivity index is 1.77. The van der Waals surface area contributed by atoms with Crippen molar-refractivity contribution in [1.82, 2.24) is 14.9 Å². The molecule has 22 heavy (non-hydrogen) atoms. The highest BCUT2D eigenvalue weighted by Crippen LogP contribution is 2.24. The second-order valence-corrected chi connectivity index (χ2v) is 7.34. The van der Waals surface area contributed by atoms with Crippen molar-refractivity contribution in [3.63, 3.8) is 0 Å². The molecule has 0 N–H and O–H groups in total. The van der Waals surface area contributed by atoms with Crippen molar-refractivity contribution < 1.29 is 13.2 Å². The largest absolute Gasteiger partial charge is 0.336 e. The first-order chi connectivity index (χ1) is 10.6. The van der Waals surface area contributed by atoms with Crippen LogP contribution in [0.15, 0.2) is 53.8 Å². The Morgan fingerprint density at radius 3 is 2.64 bits per heavy atom. The van der Waals surface area contributed by atoms with Crippen LogP contribution < -0.4 is 0 Å². The highest BCUT2D eigenvalue weighted by molar-refractivity contribution is 7.92. The van der Waals surface area contributed by atoms with Crippen molar-refractivity contribution in [2.45, 2.75) is 16.6 Å². The normalized spacial score (nSPS) is 18.4. The predicted octanol–water partition coefficient (Wildman–Crippen LogP) is 1.17. The van der Waals surface area contributed by atoms with Crippen molar-refractivity contribution in [3.05, 3.63) is 54.6 Å². The van der Waals surface area contributed by atoms with Gasteiger partial charge in [-0.1, -0.05) is 18.2 Å². The third kappa shape index (κ3) is 2.71. The predicted molar refractivity (Wildman–Crippen MR) is 80.0 cm³/mol. The summed E-state index contributed by atoms with van der Waals surface area (Å²) in [5.41, 5.74) is 0.236. The SMILES string of the molecule is O=C(c1cnccn1)N1CC[C@H](S(=O)(=O)c2ccccc2)C1. The number of rotatable bonds is 3. The molecule has 3 rings (SSSR count). The maximum Gasteiger partial charge on any atom is 0.274 e. The lowest BCUT2D eigenvalue weighted by Crippen LogP contribution is -2.32. The zero-order valence-electron chi connectivity index (χ0n) is 11.8. The van der Waals surface area contributed by atoms with Gasteiger partial charge >= 0.3 is 0 Å². The minimum absolute atomic E-state index is 0.187. The topological polar surface area (TPSA) is 80.2 Å². The fourth-order valence-corrected chi connectivity index (χ4v) is 4.25. The van der Waals surface area contributed by atoms with E-state index in [1.54, 1.807) is 30.3 Å². The van der Waals surface area contributed by atoms with Crippen LogP contribution in [0, 0.1) is 0 Å². The minimum atomic E-state index is -3.42. The Morgan fingerprint density at radius 2 is 1.95 bits per heavy atom. The van der Waals surface area contributed by atoms with Crippen LogP contribution in [0.5, 0.6) is 0 Å². The third-order valence-electron chi connectivity index (χ3n) is 3.73. The number of hydrogen-bond donors (Lipinski definition) is 0. The summed E-state index contributed by atoms with van der Waals surface area (Å²) in [7, 11) is -3.42. The summed E-state index contributed by atoms with van der Waals surface area (Å²) in [6.45, 7) is 0.596. The average Bonchev–Trinajstić information content (AvgIpc) is 3.06. The Morgan fingerprint density at radius 1 is 1.18 bits per heavy atom. The van der Waals surface area contributed by atoms with E-state index in [0.29, 0.717) is 17.9 Å². The second-order valence-electron chi connectivity index (χ2n) is 5.11. The van der Waals surface area contributed by atoms with E-state index in [4.69, 9.17) is 0 Å². The monoisotopic (exact) mass is 317 g/mol. The summed E-state index contributed by atoms with van der Waals surface area (Å²) in [5, 5.41) is -0.574. The molecular weight excluding hydrogens is 302 g/mol. The van der Waals surface area contributed by atoms with Gasteiger partial charge in [-0.2, -0.15) is 0 Å². The van der Waals surface area contributed by atoms with E-state index < -0.39 is 15.1 Å². The van der Waals surface area contributed by atoms with Gasteiger partial charge in [0.1, 0.15) is 5.69 Å². The molecule has 1 aliphatic heterocycles. The molecule has 0 unspecified atom stereocenters. The first-order valence-corrected chi connectivity index (χ1v) is 8.48. The first kappa shape index (κ1) is 14.6. The van der Waals surface area contributed by atoms with Crippen LogP contribution in [0.2, 0.25) is 0 Å². The Kier molecular flexibility index (Phi) is 3.89. The fraction of sp³-hybridized carbons (Fsp3) is 0.267. The number of sulfone groups is 1. The molecule has 0 radical (unpaired) electrons. The zero-order valence-corrected chi connectivity index (χ0v) is 12.6. The highest BCUT2D eigenvalue weighted by atomic mass is 32.2. The van der Waals surface area contributed by atoms with E-state index in [1.165, 1.54) is 23.5 Å². The van der Waals surface area contributed by atoms with Gasteiger partial charge in [0, 0.05) is 25.5 Å². The fourth-order valence-electron chi connectivity index (χ4n) is 2.54. The van der Waals surface area contributed by atoms with Crippen molar-refractivity contribution >= 4 is 15.7 Å². The molecule has 0 bridgehead atoms. The van der Waals surface area contributed by atoms with E-state index in [2.05, 4.69) is 9.97 Å². The number of nitrogens with zero attached hydrogens (tertiary/aromatic N) is 3. The minimum Gasteiger partial charge on any atom is -0.336 e. The lowest BCUT2D eigenvalue weighted by atomic mass is 10.4. The van der Waals surface area contributed by atoms with Gasteiger partial charge in [0.2, 0.25) is 0 Å². The lowest BCUT2D eigenvalue weighted by Gasteiger charge is -2.16. The molecule has 0 spiro atoms. The molecule has 2 aromatic rings. The Bertz CT molecular complexity index is 763. The van der Waals surface area contributed by atoms with Gasteiger partial charge in [-0.05, 0) is 18.6 Å². The molecule has 1 atom stereocenters. The van der Waals surface area contributed by atoms with Gasteiger partial charge < -0.3 is 4.90 Å². The maximum atomic E-state index is 12.6. The second kappa shape index (κ2) is 5.84. The summed E-state index contributed by atoms with van der Waals surface area (Å²) < 4.78 is 25.1. The van der Waals surface area contributed by atoms with Crippen LogP contribution in [0.4, 0.5) is 0 Å². The molecule has 114 valence electrons. The Labute approximate surface area is 128 Å². The lowest BCUT2D eigenvalue weighted by molar-refractivity contribution is 0.0787. The van der Waals surface area contributed by atoms with Crippen LogP contribution >= 0.6 is 0 Å². The van der Waals surface area contributed by atoms with Gasteiger partial charge in [0.05, 0.1) is 16.3 Å². The van der Waals surface area contributed by atoms with E-state index in [1.807, 2.05) is 0 Å². The van der Waals surface area contributed by atoms with Crippen LogP contribution in [0.3, 0.4) is 0 Å². The molecule has 0 aliphatic carbocycles. The van der Waals surface area contributed by atoms with Crippen LogP contribution in [0.25, 0.3) is 0 Å². The molecule has 7 heteroatoms. The molecular formula is C15H15N3O3S. The number of aromatic nitrogens is 2. The molecule has 1 aromatic heterocycles. The van der Waals surface area contributed by atoms with Gasteiger partial charge in [0.15, 0.2) is 9.84 Å². The number of benzene rings is 1. The Hall–Kier alpha value is -2.28. The first-order valence-electron chi connectivity index (χ1n) is 6.93. The third-order valence-corrected chi connectivity index (χ3v) is 5.92. The molecule has 1 aromatic carbocycles. The van der Waals surface area contributed by atoms with E-state index in [-0.39, 0.29) is 18.1 Å². The van der Waals surface area contributed by atoms with E-state index in [9.17, 15) is 13.2 Å². The number of amides is 1. The highest BCUT2D eigenvalue weighted by Gasteiger charge is 2.36. The van der Waals surface area contributed by atoms with Gasteiger partial charge in [-0.3, -0.25) is 9.78 Å². The summed E-state index contributed by atoms with van der Waals surface area (Å²) in [6.07, 6.45) is 4.76. The van der Waals surface area contributed by atoms with Gasteiger partial charge in [-0.25, -0.2) is 13.4 Å². The van der Waals surface area contributed by atoms with Gasteiger partial charge in [-0.15, -0.1) is 0 Å². The molecule has 1 saturated heterocycles. The maximum absolute atomic E-state index is 12.6. The number of carbonyl (C=O) groups excluding carboxylic acids is 1. The molecule has 6 nitrogen and oxygen atoms in total. The van der Waals surface area contributed by atoms with Gasteiger partial charge in [0.25, 0.3) is 5.91 Å². The summed E-state index contributed by atoms with van der Waals surface area (Å²) in [5.74, 6) is -0.279. The van der Waals surface area contributed by atoms with Crippen LogP contribution in [-0.2, 0) is 9.84 Å². The standard InChI is InChI=1S/C15H15N3O3S/c19-15(14-10-16-7-8-17-14)18-9-6-13(11-18)22(20,21)12-4-2-1-3-5-12/h1-5,7-8,10,13H,6,9,11H2/t13-/m0/s1. The summed E-state index contributed by atoms with van der Waals surface area (Å²) in [4.78, 5) is 21.9. The summed E-state index contributed by atoms with van der Waals surface area (Å²) >= 11 is 0. The molecule has 1 amide bonds. The molecule has 0 saturated carbocycles. The number of carbonyl (C=O) groups is 1. The van der Waals surface area contributed by atoms with Crippen LogP contribution in [0.1, 0.15) is 16.9 Å². The average molecular weight is 317 g/mol. The number of hydrogen-bond acceptors (Lipinski definition) is 5. The smallest absolute Gasteiger partial charge is 0.274 e. The molecule has 1 fully saturated rings.